The van der Waals surface area contributed by atoms with E-state index in [0.29, 0.717) is 0 Å². The molecular weight excluding hydrogens is 409 g/mol. The van der Waals surface area contributed by atoms with Crippen molar-refractivity contribution in [2.24, 2.45) is 5.92 Å². The summed E-state index contributed by atoms with van der Waals surface area (Å²) in [6.45, 7) is 4.45. The van der Waals surface area contributed by atoms with Gasteiger partial charge in [-0.05, 0) is 20.8 Å². The molecule has 1 aromatic heterocycles. The second-order valence-electron chi connectivity index (χ2n) is 7.16. The summed E-state index contributed by atoms with van der Waals surface area (Å²) < 4.78 is 35.4. The molecule has 2 fully saturated rings. The van der Waals surface area contributed by atoms with E-state index in [4.69, 9.17) is 18.5 Å². The summed E-state index contributed by atoms with van der Waals surface area (Å²) in [5, 5.41) is 13.1. The number of rotatable bonds is 5. The Labute approximate surface area is 165 Å². The van der Waals surface area contributed by atoms with Gasteiger partial charge in [0.15, 0.2) is 6.23 Å². The number of hydrogen-bond donors (Lipinski definition) is 3. The minimum atomic E-state index is -3.86. The molecule has 0 bridgehead atoms. The van der Waals surface area contributed by atoms with Crippen LogP contribution in [0.25, 0.3) is 0 Å². The maximum atomic E-state index is 12.8. The van der Waals surface area contributed by atoms with Gasteiger partial charge in [0.2, 0.25) is 0 Å². The number of aromatic nitrogens is 2. The molecule has 0 spiro atoms. The summed E-state index contributed by atoms with van der Waals surface area (Å²) >= 11 is 0. The summed E-state index contributed by atoms with van der Waals surface area (Å²) in [5.41, 5.74) is -1.30. The molecule has 0 saturated carbocycles. The van der Waals surface area contributed by atoms with Crippen LogP contribution in [-0.2, 0) is 27.9 Å². The van der Waals surface area contributed by atoms with Gasteiger partial charge in [-0.3, -0.25) is 28.2 Å². The van der Waals surface area contributed by atoms with Crippen LogP contribution in [0.4, 0.5) is 0 Å². The molecule has 12 nitrogen and oxygen atoms in total. The molecule has 0 unspecified atom stereocenters. The van der Waals surface area contributed by atoms with Crippen LogP contribution in [0.5, 0.6) is 0 Å². The van der Waals surface area contributed by atoms with E-state index in [1.165, 1.54) is 13.1 Å². The Morgan fingerprint density at radius 2 is 2.03 bits per heavy atom. The van der Waals surface area contributed by atoms with Crippen LogP contribution in [0, 0.1) is 5.92 Å². The number of aliphatic hydroxyl groups is 1. The zero-order valence-electron chi connectivity index (χ0n) is 16.1. The SMILES string of the molecule is CC(C)OC(=O)[C@@H](C)N[P@@]1(=O)OC[C@H]2[C@@H](O)[C@H](n3ccc(=O)[nH]c3=O)O[C@@H]2CO1. The first-order valence-electron chi connectivity index (χ1n) is 9.12. The standard InChI is InChI=1S/C16H24N3O9P/c1-8(2)27-15(22)9(3)18-29(24)25-6-10-11(7-26-29)28-14(13(10)21)19-5-4-12(20)17-16(19)23/h4-5,8-11,13-14,21H,6-7H2,1-3H3,(H,18,24)(H,17,20,23)/t9-,10-,11-,13-,14-,29-/m1/s1. The van der Waals surface area contributed by atoms with Gasteiger partial charge in [0.1, 0.15) is 12.1 Å². The molecule has 2 aliphatic rings. The molecule has 0 aliphatic carbocycles. The van der Waals surface area contributed by atoms with Crippen LogP contribution in [0.15, 0.2) is 21.9 Å². The summed E-state index contributed by atoms with van der Waals surface area (Å²) in [7, 11) is -3.86. The second-order valence-corrected chi connectivity index (χ2v) is 8.93. The van der Waals surface area contributed by atoms with Crippen LogP contribution < -0.4 is 16.3 Å². The molecule has 0 amide bonds. The van der Waals surface area contributed by atoms with Crippen molar-refractivity contribution in [2.45, 2.75) is 51.4 Å². The molecule has 6 atom stereocenters. The van der Waals surface area contributed by atoms with Crippen molar-refractivity contribution in [2.75, 3.05) is 13.2 Å². The first-order chi connectivity index (χ1) is 13.6. The van der Waals surface area contributed by atoms with E-state index in [-0.39, 0.29) is 19.3 Å². The third kappa shape index (κ3) is 4.85. The summed E-state index contributed by atoms with van der Waals surface area (Å²) in [5.74, 6) is -1.25. The monoisotopic (exact) mass is 433 g/mol. The number of aromatic amines is 1. The Kier molecular flexibility index (Phi) is 6.42. The molecule has 29 heavy (non-hydrogen) atoms. The lowest BCUT2D eigenvalue weighted by Crippen LogP contribution is -2.37. The number of nitrogens with one attached hydrogen (secondary N) is 2. The van der Waals surface area contributed by atoms with Crippen molar-refractivity contribution in [1.82, 2.24) is 14.6 Å². The molecule has 0 radical (unpaired) electrons. The van der Waals surface area contributed by atoms with Gasteiger partial charge < -0.3 is 14.6 Å². The highest BCUT2D eigenvalue weighted by Gasteiger charge is 2.49. The van der Waals surface area contributed by atoms with Gasteiger partial charge in [-0.1, -0.05) is 0 Å². The zero-order valence-corrected chi connectivity index (χ0v) is 17.0. The number of fused-ring (bicyclic) bond motifs is 1. The third-order valence-electron chi connectivity index (χ3n) is 4.55. The number of hydrogen-bond acceptors (Lipinski definition) is 9. The highest BCUT2D eigenvalue weighted by Crippen LogP contribution is 2.50. The Balaban J connectivity index is 1.68. The van der Waals surface area contributed by atoms with Crippen molar-refractivity contribution in [3.8, 4) is 0 Å². The Morgan fingerprint density at radius 3 is 2.69 bits per heavy atom. The van der Waals surface area contributed by atoms with Crippen LogP contribution >= 0.6 is 7.75 Å². The molecule has 1 aromatic rings. The molecule has 3 N–H and O–H groups in total. The van der Waals surface area contributed by atoms with E-state index >= 15 is 0 Å². The predicted octanol–water partition coefficient (Wildman–Crippen LogP) is -0.504. The van der Waals surface area contributed by atoms with E-state index in [2.05, 4.69) is 10.1 Å². The smallest absolute Gasteiger partial charge is 0.406 e. The Morgan fingerprint density at radius 1 is 1.34 bits per heavy atom. The van der Waals surface area contributed by atoms with Gasteiger partial charge in [0, 0.05) is 18.2 Å². The lowest BCUT2D eigenvalue weighted by Gasteiger charge is -2.23. The number of ether oxygens (including phenoxy) is 2. The third-order valence-corrected chi connectivity index (χ3v) is 6.23. The Hall–Kier alpha value is -1.82. The minimum absolute atomic E-state index is 0.198. The lowest BCUT2D eigenvalue weighted by molar-refractivity contribution is -0.149. The van der Waals surface area contributed by atoms with E-state index in [1.807, 2.05) is 0 Å². The topological polar surface area (TPSA) is 158 Å². The molecule has 2 saturated heterocycles. The van der Waals surface area contributed by atoms with Crippen LogP contribution in [0.2, 0.25) is 0 Å². The van der Waals surface area contributed by atoms with Crippen molar-refractivity contribution in [1.29, 1.82) is 0 Å². The minimum Gasteiger partial charge on any atom is -0.462 e. The van der Waals surface area contributed by atoms with Crippen LogP contribution in [0.1, 0.15) is 27.0 Å². The highest BCUT2D eigenvalue weighted by atomic mass is 31.2. The van der Waals surface area contributed by atoms with Gasteiger partial charge >= 0.3 is 19.4 Å². The average Bonchev–Trinajstić information content (AvgIpc) is 2.83. The predicted molar refractivity (Wildman–Crippen MR) is 98.1 cm³/mol. The maximum Gasteiger partial charge on any atom is 0.406 e. The molecule has 13 heteroatoms. The van der Waals surface area contributed by atoms with E-state index in [1.54, 1.807) is 13.8 Å². The fourth-order valence-corrected chi connectivity index (χ4v) is 4.63. The van der Waals surface area contributed by atoms with Gasteiger partial charge in [-0.25, -0.2) is 14.4 Å². The normalized spacial score (nSPS) is 33.1. The summed E-state index contributed by atoms with van der Waals surface area (Å²) in [6.07, 6.45) is -2.07. The second kappa shape index (κ2) is 8.50. The largest absolute Gasteiger partial charge is 0.462 e. The van der Waals surface area contributed by atoms with E-state index in [0.717, 1.165) is 10.6 Å². The number of carbonyl (C=O) groups excluding carboxylic acids is 1. The average molecular weight is 433 g/mol. The van der Waals surface area contributed by atoms with E-state index in [9.17, 15) is 24.1 Å². The summed E-state index contributed by atoms with van der Waals surface area (Å²) in [6, 6.07) is 0.188. The van der Waals surface area contributed by atoms with Gasteiger partial charge in [0.05, 0.1) is 25.4 Å². The van der Waals surface area contributed by atoms with Crippen molar-refractivity contribution in [3.05, 3.63) is 33.1 Å². The molecule has 3 rings (SSSR count). The summed E-state index contributed by atoms with van der Waals surface area (Å²) in [4.78, 5) is 37.2. The van der Waals surface area contributed by atoms with Gasteiger partial charge in [-0.15, -0.1) is 0 Å². The lowest BCUT2D eigenvalue weighted by atomic mass is 9.99. The van der Waals surface area contributed by atoms with Gasteiger partial charge in [-0.2, -0.15) is 0 Å². The number of nitrogens with zero attached hydrogens (tertiary/aromatic N) is 1. The van der Waals surface area contributed by atoms with Crippen LogP contribution in [0.3, 0.4) is 0 Å². The van der Waals surface area contributed by atoms with Crippen molar-refractivity contribution in [3.63, 3.8) is 0 Å². The first-order valence-corrected chi connectivity index (χ1v) is 10.7. The molecule has 162 valence electrons. The first kappa shape index (κ1) is 21.9. The van der Waals surface area contributed by atoms with Crippen LogP contribution in [-0.4, -0.2) is 58.2 Å². The number of esters is 1. The maximum absolute atomic E-state index is 12.8. The number of carbonyl (C=O) groups is 1. The molecule has 2 aliphatic heterocycles. The zero-order chi connectivity index (χ0) is 21.3. The molecule has 0 aromatic carbocycles. The van der Waals surface area contributed by atoms with Crippen molar-refractivity contribution < 1.29 is 33.0 Å². The molecular formula is C16H24N3O9P. The quantitative estimate of drug-likeness (QED) is 0.408. The number of aliphatic hydroxyl groups excluding tert-OH is 1. The highest BCUT2D eigenvalue weighted by molar-refractivity contribution is 7.51. The Bertz CT molecular complexity index is 913. The van der Waals surface area contributed by atoms with Gasteiger partial charge in [0.25, 0.3) is 5.56 Å². The fourth-order valence-electron chi connectivity index (χ4n) is 3.11. The fraction of sp³-hybridized carbons (Fsp3) is 0.688. The number of H-pyrrole nitrogens is 1. The van der Waals surface area contributed by atoms with E-state index < -0.39 is 55.4 Å². The molecule has 3 heterocycles. The van der Waals surface area contributed by atoms with Crippen molar-refractivity contribution >= 4 is 13.7 Å².